The van der Waals surface area contributed by atoms with Crippen LogP contribution in [0.3, 0.4) is 0 Å². The molecule has 1 heterocycles. The first-order chi connectivity index (χ1) is 12.1. The summed E-state index contributed by atoms with van der Waals surface area (Å²) in [6, 6.07) is 10.2. The van der Waals surface area contributed by atoms with Crippen LogP contribution in [0.2, 0.25) is 0 Å². The molecule has 0 radical (unpaired) electrons. The van der Waals surface area contributed by atoms with Gasteiger partial charge in [0.1, 0.15) is 0 Å². The van der Waals surface area contributed by atoms with Crippen LogP contribution in [0.4, 0.5) is 5.69 Å². The van der Waals surface area contributed by atoms with Crippen molar-refractivity contribution < 1.29 is 14.4 Å². The van der Waals surface area contributed by atoms with E-state index in [0.29, 0.717) is 17.7 Å². The third kappa shape index (κ3) is 6.23. The molecule has 0 aliphatic carbocycles. The Morgan fingerprint density at radius 1 is 1.08 bits per heavy atom. The predicted molar refractivity (Wildman–Crippen MR) is 98.9 cm³/mol. The minimum Gasteiger partial charge on any atom is -0.326 e. The van der Waals surface area contributed by atoms with Crippen molar-refractivity contribution in [1.29, 1.82) is 0 Å². The lowest BCUT2D eigenvalue weighted by molar-refractivity contribution is -0.117. The molecule has 0 bridgehead atoms. The van der Waals surface area contributed by atoms with E-state index in [9.17, 15) is 14.4 Å². The van der Waals surface area contributed by atoms with E-state index in [4.69, 9.17) is 0 Å². The Morgan fingerprint density at radius 2 is 1.84 bits per heavy atom. The van der Waals surface area contributed by atoms with E-state index in [1.807, 2.05) is 24.4 Å². The second kappa shape index (κ2) is 9.39. The maximum absolute atomic E-state index is 12.0. The maximum Gasteiger partial charge on any atom is 0.269 e. The molecule has 0 fully saturated rings. The number of nitrogens with one attached hydrogen (secondary N) is 3. The third-order valence-corrected chi connectivity index (χ3v) is 3.99. The van der Waals surface area contributed by atoms with Crippen molar-refractivity contribution >= 4 is 40.8 Å². The molecule has 3 amide bonds. The lowest BCUT2D eigenvalue weighted by atomic mass is 10.2. The first-order valence-corrected chi connectivity index (χ1v) is 8.68. The molecule has 0 aliphatic rings. The van der Waals surface area contributed by atoms with E-state index < -0.39 is 11.8 Å². The summed E-state index contributed by atoms with van der Waals surface area (Å²) in [6.07, 6.45) is 4.23. The fourth-order valence-electron chi connectivity index (χ4n) is 1.93. The molecule has 0 saturated heterocycles. The van der Waals surface area contributed by atoms with Crippen molar-refractivity contribution in [2.45, 2.75) is 19.8 Å². The van der Waals surface area contributed by atoms with E-state index >= 15 is 0 Å². The molecule has 1 aromatic carbocycles. The van der Waals surface area contributed by atoms with Crippen molar-refractivity contribution in [3.05, 3.63) is 58.3 Å². The first kappa shape index (κ1) is 18.4. The summed E-state index contributed by atoms with van der Waals surface area (Å²) in [5, 5.41) is 4.65. The number of rotatable bonds is 6. The molecule has 2 rings (SSSR count). The zero-order valence-electron chi connectivity index (χ0n) is 13.7. The molecule has 130 valence electrons. The Balaban J connectivity index is 1.82. The van der Waals surface area contributed by atoms with Gasteiger partial charge in [0.05, 0.1) is 0 Å². The molecule has 0 saturated carbocycles. The number of hydrogen-bond acceptors (Lipinski definition) is 4. The van der Waals surface area contributed by atoms with Crippen LogP contribution in [0.1, 0.15) is 35.0 Å². The second-order valence-corrected chi connectivity index (χ2v) is 6.15. The van der Waals surface area contributed by atoms with Gasteiger partial charge in [0, 0.05) is 28.6 Å². The number of thiophene rings is 1. The van der Waals surface area contributed by atoms with Crippen LogP contribution in [0.25, 0.3) is 6.08 Å². The van der Waals surface area contributed by atoms with Crippen LogP contribution in [0.5, 0.6) is 0 Å². The van der Waals surface area contributed by atoms with E-state index in [1.54, 1.807) is 30.3 Å². The Bertz CT molecular complexity index is 752. The van der Waals surface area contributed by atoms with Crippen molar-refractivity contribution in [1.82, 2.24) is 10.9 Å². The average molecular weight is 357 g/mol. The van der Waals surface area contributed by atoms with Gasteiger partial charge < -0.3 is 5.32 Å². The highest BCUT2D eigenvalue weighted by Crippen LogP contribution is 2.11. The molecule has 6 nitrogen and oxygen atoms in total. The largest absolute Gasteiger partial charge is 0.326 e. The Labute approximate surface area is 149 Å². The molecular formula is C18H19N3O3S. The quantitative estimate of drug-likeness (QED) is 0.549. The molecule has 7 heteroatoms. The minimum atomic E-state index is -0.440. The normalized spacial score (nSPS) is 10.4. The van der Waals surface area contributed by atoms with Gasteiger partial charge in [-0.1, -0.05) is 13.0 Å². The molecule has 0 aliphatic heterocycles. The van der Waals surface area contributed by atoms with Gasteiger partial charge in [0.25, 0.3) is 11.8 Å². The van der Waals surface area contributed by atoms with Crippen LogP contribution in [-0.4, -0.2) is 17.7 Å². The lowest BCUT2D eigenvalue weighted by Crippen LogP contribution is -2.40. The van der Waals surface area contributed by atoms with Gasteiger partial charge in [-0.25, -0.2) is 0 Å². The van der Waals surface area contributed by atoms with E-state index in [-0.39, 0.29) is 5.91 Å². The summed E-state index contributed by atoms with van der Waals surface area (Å²) < 4.78 is 0. The zero-order chi connectivity index (χ0) is 18.1. The maximum atomic E-state index is 12.0. The first-order valence-electron chi connectivity index (χ1n) is 7.80. The molecule has 0 unspecified atom stereocenters. The van der Waals surface area contributed by atoms with E-state index in [1.165, 1.54) is 17.4 Å². The second-order valence-electron chi connectivity index (χ2n) is 5.17. The predicted octanol–water partition coefficient (Wildman–Crippen LogP) is 2.96. The third-order valence-electron chi connectivity index (χ3n) is 3.15. The Kier molecular flexibility index (Phi) is 6.91. The number of benzene rings is 1. The highest BCUT2D eigenvalue weighted by Gasteiger charge is 2.07. The van der Waals surface area contributed by atoms with Crippen LogP contribution in [-0.2, 0) is 9.59 Å². The molecule has 3 N–H and O–H groups in total. The number of carbonyl (C=O) groups is 3. The fraction of sp³-hybridized carbons (Fsp3) is 0.167. The lowest BCUT2D eigenvalue weighted by Gasteiger charge is -2.07. The standard InChI is InChI=1S/C18H19N3O3S/c1-2-4-16(22)19-14-8-6-13(7-9-14)18(24)21-20-17(23)11-10-15-5-3-12-25-15/h3,5-12H,2,4H2,1H3,(H,19,22)(H,20,23)(H,21,24). The Hall–Kier alpha value is -2.93. The monoisotopic (exact) mass is 357 g/mol. The minimum absolute atomic E-state index is 0.0653. The molecular weight excluding hydrogens is 338 g/mol. The summed E-state index contributed by atoms with van der Waals surface area (Å²) in [5.41, 5.74) is 5.65. The molecule has 25 heavy (non-hydrogen) atoms. The van der Waals surface area contributed by atoms with Crippen molar-refractivity contribution in [3.63, 3.8) is 0 Å². The number of anilines is 1. The molecule has 1 aromatic heterocycles. The van der Waals surface area contributed by atoms with Crippen LogP contribution in [0.15, 0.2) is 47.9 Å². The Morgan fingerprint density at radius 3 is 2.48 bits per heavy atom. The van der Waals surface area contributed by atoms with E-state index in [2.05, 4.69) is 16.2 Å². The fourth-order valence-corrected chi connectivity index (χ4v) is 2.55. The van der Waals surface area contributed by atoms with Crippen LogP contribution in [0, 0.1) is 0 Å². The highest BCUT2D eigenvalue weighted by molar-refractivity contribution is 7.10. The van der Waals surface area contributed by atoms with Crippen molar-refractivity contribution in [2.24, 2.45) is 0 Å². The average Bonchev–Trinajstić information content (AvgIpc) is 3.12. The van der Waals surface area contributed by atoms with Crippen LogP contribution < -0.4 is 16.2 Å². The van der Waals surface area contributed by atoms with Gasteiger partial charge in [-0.3, -0.25) is 25.2 Å². The number of hydrazine groups is 1. The van der Waals surface area contributed by atoms with Crippen LogP contribution >= 0.6 is 11.3 Å². The van der Waals surface area contributed by atoms with Gasteiger partial charge in [0.2, 0.25) is 5.91 Å². The number of amides is 3. The molecule has 2 aromatic rings. The smallest absolute Gasteiger partial charge is 0.269 e. The van der Waals surface area contributed by atoms with Gasteiger partial charge in [-0.2, -0.15) is 0 Å². The van der Waals surface area contributed by atoms with Gasteiger partial charge in [0.15, 0.2) is 0 Å². The van der Waals surface area contributed by atoms with E-state index in [0.717, 1.165) is 11.3 Å². The molecule has 0 atom stereocenters. The topological polar surface area (TPSA) is 87.3 Å². The SMILES string of the molecule is CCCC(=O)Nc1ccc(C(=O)NNC(=O)C=Cc2cccs2)cc1. The van der Waals surface area contributed by atoms with Gasteiger partial charge in [-0.05, 0) is 48.2 Å². The number of carbonyl (C=O) groups excluding carboxylic acids is 3. The zero-order valence-corrected chi connectivity index (χ0v) is 14.6. The summed E-state index contributed by atoms with van der Waals surface area (Å²) in [5.74, 6) is -0.931. The van der Waals surface area contributed by atoms with Gasteiger partial charge >= 0.3 is 0 Å². The molecule has 0 spiro atoms. The van der Waals surface area contributed by atoms with Gasteiger partial charge in [-0.15, -0.1) is 11.3 Å². The highest BCUT2D eigenvalue weighted by atomic mass is 32.1. The summed E-state index contributed by atoms with van der Waals surface area (Å²) in [6.45, 7) is 1.93. The van der Waals surface area contributed by atoms with Crippen molar-refractivity contribution in [2.75, 3.05) is 5.32 Å². The van der Waals surface area contributed by atoms with Crippen molar-refractivity contribution in [3.8, 4) is 0 Å². The number of hydrogen-bond donors (Lipinski definition) is 3. The summed E-state index contributed by atoms with van der Waals surface area (Å²) in [7, 11) is 0. The summed E-state index contributed by atoms with van der Waals surface area (Å²) >= 11 is 1.51. The summed E-state index contributed by atoms with van der Waals surface area (Å²) in [4.78, 5) is 36.1.